The highest BCUT2D eigenvalue weighted by Crippen LogP contribution is 2.58. The van der Waals surface area contributed by atoms with E-state index in [0.717, 1.165) is 18.4 Å². The summed E-state index contributed by atoms with van der Waals surface area (Å²) in [6.07, 6.45) is 3.51. The first kappa shape index (κ1) is 17.4. The lowest BCUT2D eigenvalue weighted by atomic mass is 9.59. The number of fused-ring (bicyclic) bond motifs is 1. The van der Waals surface area contributed by atoms with Gasteiger partial charge in [-0.15, -0.1) is 0 Å². The molecule has 2 aliphatic carbocycles. The summed E-state index contributed by atoms with van der Waals surface area (Å²) in [7, 11) is 3.09. The zero-order valence-electron chi connectivity index (χ0n) is 14.6. The number of ether oxygens (including phenoxy) is 2. The first-order chi connectivity index (χ1) is 12.6. The molecule has 3 rings (SSSR count). The minimum atomic E-state index is -1.63. The Morgan fingerprint density at radius 2 is 1.88 bits per heavy atom. The number of rotatable bonds is 3. The molecule has 0 bridgehead atoms. The van der Waals surface area contributed by atoms with Gasteiger partial charge in [-0.2, -0.15) is 15.8 Å². The molecule has 26 heavy (non-hydrogen) atoms. The van der Waals surface area contributed by atoms with Crippen LogP contribution in [0.1, 0.15) is 24.3 Å². The van der Waals surface area contributed by atoms with Crippen LogP contribution in [-0.4, -0.2) is 14.2 Å². The van der Waals surface area contributed by atoms with E-state index in [9.17, 15) is 15.8 Å². The van der Waals surface area contributed by atoms with Gasteiger partial charge in [-0.25, -0.2) is 0 Å². The van der Waals surface area contributed by atoms with Crippen LogP contribution in [0, 0.1) is 45.3 Å². The van der Waals surface area contributed by atoms with E-state index in [-0.39, 0.29) is 17.2 Å². The van der Waals surface area contributed by atoms with Crippen LogP contribution in [-0.2, 0) is 0 Å². The van der Waals surface area contributed by atoms with E-state index in [1.165, 1.54) is 7.11 Å². The fourth-order valence-electron chi connectivity index (χ4n) is 4.12. The molecule has 6 nitrogen and oxygen atoms in total. The topological polar surface area (TPSA) is 116 Å². The van der Waals surface area contributed by atoms with Gasteiger partial charge in [0.2, 0.25) is 0 Å². The highest BCUT2D eigenvalue weighted by atomic mass is 16.5. The largest absolute Gasteiger partial charge is 0.497 e. The number of allylic oxidation sites excluding steroid dienone is 4. The first-order valence-corrected chi connectivity index (χ1v) is 8.23. The average molecular weight is 346 g/mol. The second kappa shape index (κ2) is 6.47. The van der Waals surface area contributed by atoms with Crippen LogP contribution < -0.4 is 15.2 Å². The number of nitrogens with zero attached hydrogens (tertiary/aromatic N) is 3. The molecule has 0 aromatic heterocycles. The zero-order valence-corrected chi connectivity index (χ0v) is 14.6. The summed E-state index contributed by atoms with van der Waals surface area (Å²) < 4.78 is 10.8. The molecular weight excluding hydrogens is 328 g/mol. The fourth-order valence-corrected chi connectivity index (χ4v) is 4.12. The van der Waals surface area contributed by atoms with Crippen LogP contribution in [0.3, 0.4) is 0 Å². The van der Waals surface area contributed by atoms with Crippen molar-refractivity contribution in [2.24, 2.45) is 17.1 Å². The summed E-state index contributed by atoms with van der Waals surface area (Å²) in [5.41, 5.74) is 6.43. The normalized spacial score (nSPS) is 23.1. The lowest BCUT2D eigenvalue weighted by Crippen LogP contribution is -2.41. The maximum Gasteiger partial charge on any atom is 0.191 e. The minimum absolute atomic E-state index is 0.0253. The molecule has 0 amide bonds. The maximum atomic E-state index is 9.96. The molecule has 1 aromatic carbocycles. The van der Waals surface area contributed by atoms with E-state index >= 15 is 0 Å². The van der Waals surface area contributed by atoms with Crippen LogP contribution in [0.25, 0.3) is 0 Å². The Morgan fingerprint density at radius 3 is 2.46 bits per heavy atom. The van der Waals surface area contributed by atoms with Crippen molar-refractivity contribution in [2.45, 2.75) is 18.8 Å². The third-order valence-electron chi connectivity index (χ3n) is 5.33. The van der Waals surface area contributed by atoms with Crippen molar-refractivity contribution in [3.8, 4) is 29.7 Å². The summed E-state index contributed by atoms with van der Waals surface area (Å²) >= 11 is 0. The number of methoxy groups -OCH3 is 2. The average Bonchev–Trinajstić information content (AvgIpc) is 3.15. The van der Waals surface area contributed by atoms with E-state index in [1.807, 2.05) is 12.1 Å². The van der Waals surface area contributed by atoms with Gasteiger partial charge in [0.15, 0.2) is 5.41 Å². The van der Waals surface area contributed by atoms with E-state index in [1.54, 1.807) is 19.2 Å². The van der Waals surface area contributed by atoms with Crippen molar-refractivity contribution in [2.75, 3.05) is 14.2 Å². The fraction of sp³-hybridized carbons (Fsp3) is 0.350. The van der Waals surface area contributed by atoms with Gasteiger partial charge < -0.3 is 15.2 Å². The van der Waals surface area contributed by atoms with Crippen molar-refractivity contribution in [3.05, 3.63) is 46.7 Å². The van der Waals surface area contributed by atoms with Gasteiger partial charge in [0.1, 0.15) is 17.6 Å². The highest BCUT2D eigenvalue weighted by molar-refractivity contribution is 5.61. The predicted molar refractivity (Wildman–Crippen MR) is 93.6 cm³/mol. The van der Waals surface area contributed by atoms with E-state index in [0.29, 0.717) is 17.1 Å². The van der Waals surface area contributed by atoms with Gasteiger partial charge in [-0.05, 0) is 30.4 Å². The number of hydrogen-bond acceptors (Lipinski definition) is 6. The number of nitrogens with two attached hydrogens (primary N) is 1. The molecule has 0 spiro atoms. The Bertz CT molecular complexity index is 926. The van der Waals surface area contributed by atoms with Crippen molar-refractivity contribution in [1.82, 2.24) is 0 Å². The molecule has 0 saturated carbocycles. The minimum Gasteiger partial charge on any atom is -0.497 e. The Hall–Kier alpha value is -3.43. The lowest BCUT2D eigenvalue weighted by Gasteiger charge is -2.40. The SMILES string of the molecule is COc1ccc(C2C3CCC=C3C(C#N)=C(N)C2(C#N)C#N)c(OC)c1. The second-order valence-corrected chi connectivity index (χ2v) is 6.36. The molecule has 0 aliphatic heterocycles. The van der Waals surface area contributed by atoms with Crippen LogP contribution in [0.15, 0.2) is 41.1 Å². The molecule has 0 saturated heterocycles. The monoisotopic (exact) mass is 346 g/mol. The molecule has 2 aliphatic rings. The molecular formula is C20H18N4O2. The molecule has 0 fully saturated rings. The van der Waals surface area contributed by atoms with Gasteiger partial charge in [0.25, 0.3) is 0 Å². The number of hydrogen-bond donors (Lipinski definition) is 1. The van der Waals surface area contributed by atoms with Crippen molar-refractivity contribution in [1.29, 1.82) is 15.8 Å². The number of benzene rings is 1. The molecule has 2 atom stereocenters. The van der Waals surface area contributed by atoms with Crippen molar-refractivity contribution in [3.63, 3.8) is 0 Å². The zero-order chi connectivity index (χ0) is 18.9. The molecule has 130 valence electrons. The predicted octanol–water partition coefficient (Wildman–Crippen LogP) is 2.91. The first-order valence-electron chi connectivity index (χ1n) is 8.23. The van der Waals surface area contributed by atoms with Gasteiger partial charge in [0.05, 0.1) is 37.6 Å². The summed E-state index contributed by atoms with van der Waals surface area (Å²) in [5.74, 6) is 0.482. The smallest absolute Gasteiger partial charge is 0.191 e. The number of nitriles is 3. The van der Waals surface area contributed by atoms with E-state index < -0.39 is 11.3 Å². The van der Waals surface area contributed by atoms with Gasteiger partial charge >= 0.3 is 0 Å². The molecule has 6 heteroatoms. The Labute approximate surface area is 152 Å². The van der Waals surface area contributed by atoms with Crippen LogP contribution in [0.2, 0.25) is 0 Å². The highest BCUT2D eigenvalue weighted by Gasteiger charge is 2.54. The summed E-state index contributed by atoms with van der Waals surface area (Å²) in [5, 5.41) is 29.5. The van der Waals surface area contributed by atoms with Crippen LogP contribution in [0.5, 0.6) is 11.5 Å². The van der Waals surface area contributed by atoms with Crippen LogP contribution in [0.4, 0.5) is 0 Å². The Kier molecular flexibility index (Phi) is 4.33. The summed E-state index contributed by atoms with van der Waals surface area (Å²) in [6.45, 7) is 0. The third-order valence-corrected chi connectivity index (χ3v) is 5.33. The van der Waals surface area contributed by atoms with E-state index in [2.05, 4.69) is 18.2 Å². The summed E-state index contributed by atoms with van der Waals surface area (Å²) in [4.78, 5) is 0. The third kappa shape index (κ3) is 2.22. The molecule has 2 N–H and O–H groups in total. The molecule has 0 heterocycles. The maximum absolute atomic E-state index is 9.96. The van der Waals surface area contributed by atoms with Gasteiger partial charge in [-0.1, -0.05) is 12.1 Å². The van der Waals surface area contributed by atoms with Crippen molar-refractivity contribution >= 4 is 0 Å². The lowest BCUT2D eigenvalue weighted by molar-refractivity contribution is 0.325. The summed E-state index contributed by atoms with van der Waals surface area (Å²) in [6, 6.07) is 11.6. The van der Waals surface area contributed by atoms with E-state index in [4.69, 9.17) is 15.2 Å². The molecule has 0 radical (unpaired) electrons. The van der Waals surface area contributed by atoms with Gasteiger partial charge in [-0.3, -0.25) is 0 Å². The van der Waals surface area contributed by atoms with Crippen LogP contribution >= 0.6 is 0 Å². The Balaban J connectivity index is 2.32. The standard InChI is InChI=1S/C20H18N4O2/c1-25-12-6-7-15(17(8-12)26-2)18-14-5-3-4-13(14)16(9-21)19(24)20(18,10-22)11-23/h4,6-8,14,18H,3,5,24H2,1-2H3. The Morgan fingerprint density at radius 1 is 1.15 bits per heavy atom. The van der Waals surface area contributed by atoms with Gasteiger partial charge in [0, 0.05) is 17.5 Å². The molecule has 2 unspecified atom stereocenters. The quantitative estimate of drug-likeness (QED) is 0.899. The molecule has 1 aromatic rings. The second-order valence-electron chi connectivity index (χ2n) is 6.36. The van der Waals surface area contributed by atoms with Crippen molar-refractivity contribution < 1.29 is 9.47 Å².